The van der Waals surface area contributed by atoms with Crippen LogP contribution in [0.15, 0.2) is 0 Å². The number of amides is 4. The van der Waals surface area contributed by atoms with Gasteiger partial charge in [-0.05, 0) is 50.0 Å². The smallest absolute Gasteiger partial charge is 0.325 e. The second-order valence-corrected chi connectivity index (χ2v) is 8.34. The van der Waals surface area contributed by atoms with E-state index >= 15 is 0 Å². The molecule has 0 radical (unpaired) electrons. The van der Waals surface area contributed by atoms with E-state index in [2.05, 4.69) is 19.2 Å². The van der Waals surface area contributed by atoms with Gasteiger partial charge in [0.2, 0.25) is 5.91 Å². The molecule has 4 amide bonds. The molecule has 3 aliphatic rings. The topological polar surface area (TPSA) is 95.7 Å². The second-order valence-electron chi connectivity index (χ2n) is 8.34. The van der Waals surface area contributed by atoms with E-state index in [1.54, 1.807) is 4.90 Å². The van der Waals surface area contributed by atoms with Crippen LogP contribution in [-0.2, 0) is 9.59 Å². The van der Waals surface area contributed by atoms with E-state index < -0.39 is 11.6 Å². The summed E-state index contributed by atoms with van der Waals surface area (Å²) in [5.41, 5.74) is 4.95. The maximum atomic E-state index is 12.9. The lowest BCUT2D eigenvalue weighted by molar-refractivity contribution is -0.139. The largest absolute Gasteiger partial charge is 0.341 e. The lowest BCUT2D eigenvalue weighted by atomic mass is 9.75. The molecule has 3 fully saturated rings. The monoisotopic (exact) mass is 350 g/mol. The molecule has 7 nitrogen and oxygen atoms in total. The lowest BCUT2D eigenvalue weighted by Gasteiger charge is -2.34. The van der Waals surface area contributed by atoms with E-state index in [0.717, 1.165) is 30.6 Å². The van der Waals surface area contributed by atoms with Gasteiger partial charge in [0, 0.05) is 13.1 Å². The Kier molecular flexibility index (Phi) is 4.79. The Labute approximate surface area is 149 Å². The van der Waals surface area contributed by atoms with Gasteiger partial charge in [0.05, 0.1) is 0 Å². The normalized spacial score (nSPS) is 35.6. The van der Waals surface area contributed by atoms with Crippen LogP contribution in [0, 0.1) is 11.3 Å². The van der Waals surface area contributed by atoms with E-state index in [-0.39, 0.29) is 23.8 Å². The first-order valence-electron chi connectivity index (χ1n) is 9.44. The number of nitrogens with two attached hydrogens (primary N) is 1. The predicted octanol–water partition coefficient (Wildman–Crippen LogP) is 1.07. The quantitative estimate of drug-likeness (QED) is 0.742. The molecule has 0 aromatic carbocycles. The highest BCUT2D eigenvalue weighted by molar-refractivity contribution is 6.09. The average Bonchev–Trinajstić information content (AvgIpc) is 3.11. The molecule has 0 aromatic heterocycles. The van der Waals surface area contributed by atoms with Crippen molar-refractivity contribution in [1.82, 2.24) is 15.1 Å². The maximum absolute atomic E-state index is 12.9. The first-order chi connectivity index (χ1) is 11.8. The molecule has 3 N–H and O–H groups in total. The number of rotatable bonds is 4. The van der Waals surface area contributed by atoms with Crippen LogP contribution in [0.3, 0.4) is 0 Å². The lowest BCUT2D eigenvalue weighted by Crippen LogP contribution is -2.50. The molecule has 2 aliphatic heterocycles. The minimum Gasteiger partial charge on any atom is -0.341 e. The van der Waals surface area contributed by atoms with Crippen molar-refractivity contribution >= 4 is 17.8 Å². The van der Waals surface area contributed by atoms with Crippen LogP contribution < -0.4 is 11.1 Å². The van der Waals surface area contributed by atoms with Gasteiger partial charge in [-0.15, -0.1) is 0 Å². The van der Waals surface area contributed by atoms with Crippen molar-refractivity contribution < 1.29 is 14.4 Å². The number of carbonyl (C=O) groups excluding carboxylic acids is 3. The number of nitrogens with zero attached hydrogens (tertiary/aromatic N) is 2. The number of nitrogens with one attached hydrogen (secondary N) is 1. The molecule has 0 bridgehead atoms. The number of hydrogen-bond acceptors (Lipinski definition) is 4. The van der Waals surface area contributed by atoms with Crippen LogP contribution in [0.4, 0.5) is 4.79 Å². The third-order valence-corrected chi connectivity index (χ3v) is 6.48. The summed E-state index contributed by atoms with van der Waals surface area (Å²) in [6, 6.07) is -0.422. The zero-order valence-corrected chi connectivity index (χ0v) is 15.3. The minimum absolute atomic E-state index is 0.0628. The number of likely N-dealkylation sites (tertiary alicyclic amines) is 1. The van der Waals surface area contributed by atoms with Crippen molar-refractivity contribution in [2.45, 2.75) is 57.9 Å². The number of urea groups is 1. The Morgan fingerprint density at radius 1 is 1.28 bits per heavy atom. The molecule has 25 heavy (non-hydrogen) atoms. The SMILES string of the molecule is CCC1CCC2(CC1)NC(=O)N(CC(=O)N1CCC(C)(CN)C1)C2=O. The summed E-state index contributed by atoms with van der Waals surface area (Å²) in [4.78, 5) is 40.6. The highest BCUT2D eigenvalue weighted by Gasteiger charge is 2.53. The first kappa shape index (κ1) is 18.2. The van der Waals surface area contributed by atoms with Gasteiger partial charge in [-0.2, -0.15) is 0 Å². The molecular weight excluding hydrogens is 320 g/mol. The fourth-order valence-electron chi connectivity index (χ4n) is 4.38. The van der Waals surface area contributed by atoms with Crippen molar-refractivity contribution in [2.24, 2.45) is 17.1 Å². The summed E-state index contributed by atoms with van der Waals surface area (Å²) >= 11 is 0. The third-order valence-electron chi connectivity index (χ3n) is 6.48. The molecule has 140 valence electrons. The molecule has 1 aliphatic carbocycles. The van der Waals surface area contributed by atoms with E-state index in [1.807, 2.05) is 0 Å². The molecule has 1 unspecified atom stereocenters. The molecule has 1 atom stereocenters. The van der Waals surface area contributed by atoms with Gasteiger partial charge >= 0.3 is 6.03 Å². The molecule has 2 heterocycles. The Balaban J connectivity index is 1.63. The zero-order chi connectivity index (χ0) is 18.2. The highest BCUT2D eigenvalue weighted by Crippen LogP contribution is 2.37. The van der Waals surface area contributed by atoms with Gasteiger partial charge in [0.25, 0.3) is 5.91 Å². The first-order valence-corrected chi connectivity index (χ1v) is 9.44. The van der Waals surface area contributed by atoms with Gasteiger partial charge in [-0.25, -0.2) is 4.79 Å². The predicted molar refractivity (Wildman–Crippen MR) is 93.6 cm³/mol. The summed E-state index contributed by atoms with van der Waals surface area (Å²) in [5, 5.41) is 2.88. The third kappa shape index (κ3) is 3.26. The summed E-state index contributed by atoms with van der Waals surface area (Å²) in [6.45, 7) is 5.82. The molecule has 7 heteroatoms. The van der Waals surface area contributed by atoms with Crippen molar-refractivity contribution in [3.8, 4) is 0 Å². The summed E-state index contributed by atoms with van der Waals surface area (Å²) in [6.07, 6.45) is 5.22. The van der Waals surface area contributed by atoms with Crippen molar-refractivity contribution in [3.05, 3.63) is 0 Å². The molecule has 3 rings (SSSR count). The molecule has 1 spiro atoms. The average molecular weight is 350 g/mol. The van der Waals surface area contributed by atoms with Crippen LogP contribution >= 0.6 is 0 Å². The van der Waals surface area contributed by atoms with Crippen molar-refractivity contribution in [3.63, 3.8) is 0 Å². The number of imide groups is 1. The van der Waals surface area contributed by atoms with Crippen LogP contribution in [-0.4, -0.2) is 59.4 Å². The molecule has 2 saturated heterocycles. The van der Waals surface area contributed by atoms with Crippen LogP contribution in [0.25, 0.3) is 0 Å². The second kappa shape index (κ2) is 6.59. The Morgan fingerprint density at radius 2 is 1.96 bits per heavy atom. The van der Waals surface area contributed by atoms with E-state index in [1.165, 1.54) is 0 Å². The van der Waals surface area contributed by atoms with E-state index in [4.69, 9.17) is 5.73 Å². The Morgan fingerprint density at radius 3 is 2.52 bits per heavy atom. The Hall–Kier alpha value is -1.63. The van der Waals surface area contributed by atoms with Crippen LogP contribution in [0.5, 0.6) is 0 Å². The fraction of sp³-hybridized carbons (Fsp3) is 0.833. The summed E-state index contributed by atoms with van der Waals surface area (Å²) in [5.74, 6) is 0.241. The minimum atomic E-state index is -0.778. The van der Waals surface area contributed by atoms with Gasteiger partial charge in [0.15, 0.2) is 0 Å². The standard InChI is InChI=1S/C18H30N4O3/c1-3-13-4-6-18(7-5-13)15(24)22(16(25)20-18)10-14(23)21-9-8-17(2,11-19)12-21/h13H,3-12,19H2,1-2H3,(H,20,25). The fourth-order valence-corrected chi connectivity index (χ4v) is 4.38. The maximum Gasteiger partial charge on any atom is 0.325 e. The van der Waals surface area contributed by atoms with Crippen molar-refractivity contribution in [2.75, 3.05) is 26.2 Å². The number of hydrogen-bond donors (Lipinski definition) is 2. The zero-order valence-electron chi connectivity index (χ0n) is 15.3. The summed E-state index contributed by atoms with van der Waals surface area (Å²) < 4.78 is 0. The van der Waals surface area contributed by atoms with Crippen molar-refractivity contribution in [1.29, 1.82) is 0 Å². The van der Waals surface area contributed by atoms with Gasteiger partial charge in [-0.3, -0.25) is 14.5 Å². The van der Waals surface area contributed by atoms with Crippen LogP contribution in [0.2, 0.25) is 0 Å². The highest BCUT2D eigenvalue weighted by atomic mass is 16.2. The van der Waals surface area contributed by atoms with E-state index in [9.17, 15) is 14.4 Å². The van der Waals surface area contributed by atoms with Gasteiger partial charge in [-0.1, -0.05) is 20.3 Å². The van der Waals surface area contributed by atoms with Gasteiger partial charge in [0.1, 0.15) is 12.1 Å². The molecule has 1 saturated carbocycles. The summed E-state index contributed by atoms with van der Waals surface area (Å²) in [7, 11) is 0. The number of carbonyl (C=O) groups is 3. The Bertz CT molecular complexity index is 571. The molecule has 0 aromatic rings. The van der Waals surface area contributed by atoms with Gasteiger partial charge < -0.3 is 16.0 Å². The van der Waals surface area contributed by atoms with E-state index in [0.29, 0.717) is 38.4 Å². The molecular formula is C18H30N4O3. The van der Waals surface area contributed by atoms with Crippen LogP contribution in [0.1, 0.15) is 52.4 Å².